The van der Waals surface area contributed by atoms with E-state index in [1.807, 2.05) is 13.0 Å². The van der Waals surface area contributed by atoms with Crippen LogP contribution in [0.2, 0.25) is 0 Å². The summed E-state index contributed by atoms with van der Waals surface area (Å²) in [7, 11) is 1.79. The number of carbonyl (C=O) groups excluding carboxylic acids is 1. The van der Waals surface area contributed by atoms with Gasteiger partial charge < -0.3 is 4.74 Å². The van der Waals surface area contributed by atoms with Gasteiger partial charge in [-0.2, -0.15) is 18.3 Å². The highest BCUT2D eigenvalue weighted by Crippen LogP contribution is 2.36. The molecule has 1 aromatic carbocycles. The minimum Gasteiger partial charge on any atom is -0.444 e. The summed E-state index contributed by atoms with van der Waals surface area (Å²) in [5.41, 5.74) is 1.78. The van der Waals surface area contributed by atoms with Crippen molar-refractivity contribution in [3.05, 3.63) is 53.3 Å². The van der Waals surface area contributed by atoms with Gasteiger partial charge in [0, 0.05) is 30.9 Å². The van der Waals surface area contributed by atoms with Gasteiger partial charge in [-0.05, 0) is 52.3 Å². The van der Waals surface area contributed by atoms with Gasteiger partial charge in [-0.1, -0.05) is 12.1 Å². The predicted octanol–water partition coefficient (Wildman–Crippen LogP) is 5.42. The zero-order chi connectivity index (χ0) is 24.8. The number of halogens is 3. The van der Waals surface area contributed by atoms with E-state index in [-0.39, 0.29) is 5.82 Å². The van der Waals surface area contributed by atoms with E-state index in [9.17, 15) is 18.0 Å². The van der Waals surface area contributed by atoms with Gasteiger partial charge in [-0.15, -0.1) is 0 Å². The lowest BCUT2D eigenvalue weighted by molar-refractivity contribution is -0.137. The van der Waals surface area contributed by atoms with E-state index in [0.717, 1.165) is 17.7 Å². The standard InChI is InChI=1S/C24H26F3N5O2/c1-14-19-17(10-13-32(14)22(33)34-23(2,3)4)20(18-11-12-31(5)30-18)29-21(28-19)15-6-8-16(9-7-15)24(25,26)27/h6-9,11-12,14H,10,13H2,1-5H3. The van der Waals surface area contributed by atoms with Crippen LogP contribution in [-0.4, -0.2) is 42.9 Å². The molecule has 180 valence electrons. The molecule has 1 unspecified atom stereocenters. The first-order valence-electron chi connectivity index (χ1n) is 10.9. The molecule has 7 nitrogen and oxygen atoms in total. The molecule has 3 heterocycles. The van der Waals surface area contributed by atoms with Gasteiger partial charge in [0.25, 0.3) is 0 Å². The summed E-state index contributed by atoms with van der Waals surface area (Å²) in [5.74, 6) is 0.269. The van der Waals surface area contributed by atoms with E-state index < -0.39 is 29.5 Å². The Morgan fingerprint density at radius 3 is 2.32 bits per heavy atom. The molecule has 1 atom stereocenters. The number of rotatable bonds is 2. The zero-order valence-electron chi connectivity index (χ0n) is 19.6. The van der Waals surface area contributed by atoms with Crippen LogP contribution in [0.1, 0.15) is 50.6 Å². The lowest BCUT2D eigenvalue weighted by Gasteiger charge is -2.36. The van der Waals surface area contributed by atoms with Crippen molar-refractivity contribution in [3.8, 4) is 22.8 Å². The van der Waals surface area contributed by atoms with Gasteiger partial charge in [-0.3, -0.25) is 9.58 Å². The molecular formula is C24H26F3N5O2. The molecule has 0 N–H and O–H groups in total. The van der Waals surface area contributed by atoms with Crippen molar-refractivity contribution in [2.24, 2.45) is 7.05 Å². The summed E-state index contributed by atoms with van der Waals surface area (Å²) >= 11 is 0. The van der Waals surface area contributed by atoms with Gasteiger partial charge in [0.2, 0.25) is 0 Å². The van der Waals surface area contributed by atoms with Crippen LogP contribution in [0, 0.1) is 0 Å². The smallest absolute Gasteiger partial charge is 0.416 e. The van der Waals surface area contributed by atoms with Gasteiger partial charge in [0.15, 0.2) is 5.82 Å². The normalized spacial score (nSPS) is 16.4. The fraction of sp³-hybridized carbons (Fsp3) is 0.417. The molecule has 4 rings (SSSR count). The Labute approximate surface area is 195 Å². The Morgan fingerprint density at radius 1 is 1.09 bits per heavy atom. The lowest BCUT2D eigenvalue weighted by Crippen LogP contribution is -2.42. The van der Waals surface area contributed by atoms with E-state index >= 15 is 0 Å². The summed E-state index contributed by atoms with van der Waals surface area (Å²) < 4.78 is 46.3. The Balaban J connectivity index is 1.80. The van der Waals surface area contributed by atoms with Gasteiger partial charge in [0.05, 0.1) is 23.0 Å². The van der Waals surface area contributed by atoms with Crippen LogP contribution in [0.3, 0.4) is 0 Å². The Hall–Kier alpha value is -3.43. The second-order valence-electron chi connectivity index (χ2n) is 9.31. The third-order valence-corrected chi connectivity index (χ3v) is 5.56. The first kappa shape index (κ1) is 23.7. The number of alkyl halides is 3. The second kappa shape index (κ2) is 8.41. The SMILES string of the molecule is CC1c2nc(-c3ccc(C(F)(F)F)cc3)nc(-c3ccn(C)n3)c2CCN1C(=O)OC(C)(C)C. The lowest BCUT2D eigenvalue weighted by atomic mass is 9.95. The quantitative estimate of drug-likeness (QED) is 0.497. The first-order chi connectivity index (χ1) is 15.8. The van der Waals surface area contributed by atoms with Crippen LogP contribution in [0.15, 0.2) is 36.5 Å². The van der Waals surface area contributed by atoms with E-state index in [1.165, 1.54) is 12.1 Å². The summed E-state index contributed by atoms with van der Waals surface area (Å²) in [6.07, 6.45) is -2.59. The molecule has 34 heavy (non-hydrogen) atoms. The number of hydrogen-bond acceptors (Lipinski definition) is 5. The van der Waals surface area contributed by atoms with Crippen molar-refractivity contribution < 1.29 is 22.7 Å². The van der Waals surface area contributed by atoms with Crippen molar-refractivity contribution in [2.45, 2.75) is 51.9 Å². The van der Waals surface area contributed by atoms with E-state index in [0.29, 0.717) is 35.6 Å². The Morgan fingerprint density at radius 2 is 1.76 bits per heavy atom. The average Bonchev–Trinajstić information content (AvgIpc) is 3.18. The number of hydrogen-bond donors (Lipinski definition) is 0. The molecule has 1 amide bonds. The molecule has 0 radical (unpaired) electrons. The molecule has 3 aromatic rings. The van der Waals surface area contributed by atoms with Crippen LogP contribution in [0.4, 0.5) is 18.0 Å². The number of aryl methyl sites for hydroxylation is 1. The fourth-order valence-corrected chi connectivity index (χ4v) is 3.93. The third kappa shape index (κ3) is 4.76. The van der Waals surface area contributed by atoms with E-state index in [2.05, 4.69) is 5.10 Å². The van der Waals surface area contributed by atoms with E-state index in [4.69, 9.17) is 14.7 Å². The average molecular weight is 473 g/mol. The molecular weight excluding hydrogens is 447 g/mol. The largest absolute Gasteiger partial charge is 0.444 e. The molecule has 1 aliphatic heterocycles. The number of benzene rings is 1. The van der Waals surface area contributed by atoms with Crippen molar-refractivity contribution in [3.63, 3.8) is 0 Å². The molecule has 2 aromatic heterocycles. The van der Waals surface area contributed by atoms with Crippen LogP contribution >= 0.6 is 0 Å². The molecule has 10 heteroatoms. The minimum atomic E-state index is -4.43. The topological polar surface area (TPSA) is 73.1 Å². The molecule has 0 spiro atoms. The van der Waals surface area contributed by atoms with Crippen LogP contribution < -0.4 is 0 Å². The highest BCUT2D eigenvalue weighted by molar-refractivity contribution is 5.71. The number of carbonyl (C=O) groups is 1. The second-order valence-corrected chi connectivity index (χ2v) is 9.31. The van der Waals surface area contributed by atoms with Crippen molar-refractivity contribution in [1.82, 2.24) is 24.6 Å². The number of amides is 1. The third-order valence-electron chi connectivity index (χ3n) is 5.56. The zero-order valence-corrected chi connectivity index (χ0v) is 19.6. The number of fused-ring (bicyclic) bond motifs is 1. The van der Waals surface area contributed by atoms with Gasteiger partial charge in [0.1, 0.15) is 11.3 Å². The maximum Gasteiger partial charge on any atom is 0.416 e. The van der Waals surface area contributed by atoms with Crippen molar-refractivity contribution in [1.29, 1.82) is 0 Å². The summed E-state index contributed by atoms with van der Waals surface area (Å²) in [6, 6.07) is 6.13. The number of nitrogens with zero attached hydrogens (tertiary/aromatic N) is 5. The molecule has 0 bridgehead atoms. The molecule has 0 aliphatic carbocycles. The van der Waals surface area contributed by atoms with Gasteiger partial charge >= 0.3 is 12.3 Å². The fourth-order valence-electron chi connectivity index (χ4n) is 3.93. The summed E-state index contributed by atoms with van der Waals surface area (Å²) in [6.45, 7) is 7.69. The molecule has 0 saturated carbocycles. The maximum absolute atomic E-state index is 13.0. The van der Waals surface area contributed by atoms with Gasteiger partial charge in [-0.25, -0.2) is 14.8 Å². The van der Waals surface area contributed by atoms with Crippen LogP contribution in [0.25, 0.3) is 22.8 Å². The number of aromatic nitrogens is 4. The Kier molecular flexibility index (Phi) is 5.87. The van der Waals surface area contributed by atoms with Crippen molar-refractivity contribution >= 4 is 6.09 Å². The monoisotopic (exact) mass is 473 g/mol. The predicted molar refractivity (Wildman–Crippen MR) is 120 cm³/mol. The highest BCUT2D eigenvalue weighted by Gasteiger charge is 2.35. The first-order valence-corrected chi connectivity index (χ1v) is 10.9. The Bertz CT molecular complexity index is 1210. The molecule has 1 aliphatic rings. The molecule has 0 fully saturated rings. The minimum absolute atomic E-state index is 0.269. The van der Waals surface area contributed by atoms with Crippen LogP contribution in [-0.2, 0) is 24.4 Å². The molecule has 0 saturated heterocycles. The van der Waals surface area contributed by atoms with E-state index in [1.54, 1.807) is 43.6 Å². The summed E-state index contributed by atoms with van der Waals surface area (Å²) in [5, 5.41) is 4.47. The number of ether oxygens (including phenoxy) is 1. The van der Waals surface area contributed by atoms with Crippen LogP contribution in [0.5, 0.6) is 0 Å². The highest BCUT2D eigenvalue weighted by atomic mass is 19.4. The maximum atomic E-state index is 13.0. The van der Waals surface area contributed by atoms with Crippen molar-refractivity contribution in [2.75, 3.05) is 6.54 Å². The summed E-state index contributed by atoms with van der Waals surface area (Å²) in [4.78, 5) is 23.8.